The molecule has 0 bridgehead atoms. The van der Waals surface area contributed by atoms with E-state index in [0.717, 1.165) is 0 Å². The van der Waals surface area contributed by atoms with Gasteiger partial charge in [0, 0.05) is 29.6 Å². The number of benzene rings is 2. The molecule has 2 amide bonds. The number of carbonyl (C=O) groups is 2. The minimum atomic E-state index is -1.48. The molecular weight excluding hydrogens is 462 g/mol. The fraction of sp³-hybridized carbons (Fsp3) is 0.269. The van der Waals surface area contributed by atoms with Crippen molar-refractivity contribution in [1.29, 1.82) is 0 Å². The summed E-state index contributed by atoms with van der Waals surface area (Å²) < 4.78 is 11.2. The highest BCUT2D eigenvalue weighted by Crippen LogP contribution is 2.36. The lowest BCUT2D eigenvalue weighted by Gasteiger charge is -2.29. The second-order valence-electron chi connectivity index (χ2n) is 9.41. The number of aromatic nitrogens is 1. The number of carbonyl (C=O) groups excluding carboxylic acids is 2. The van der Waals surface area contributed by atoms with E-state index in [2.05, 4.69) is 29.9 Å². The number of H-pyrrole nitrogens is 1. The monoisotopic (exact) mass is 491 g/mol. The smallest absolute Gasteiger partial charge is 0.256 e. The van der Waals surface area contributed by atoms with Gasteiger partial charge in [0.2, 0.25) is 5.56 Å². The van der Waals surface area contributed by atoms with Crippen LogP contribution in [0.5, 0.6) is 11.5 Å². The molecule has 1 aromatic heterocycles. The molecule has 1 aliphatic rings. The summed E-state index contributed by atoms with van der Waals surface area (Å²) >= 11 is 0. The predicted octanol–water partition coefficient (Wildman–Crippen LogP) is 3.14. The van der Waals surface area contributed by atoms with Crippen LogP contribution in [0.3, 0.4) is 0 Å². The summed E-state index contributed by atoms with van der Waals surface area (Å²) in [6.45, 7) is 7.17. The summed E-state index contributed by atoms with van der Waals surface area (Å²) in [6, 6.07) is 14.8. The summed E-state index contributed by atoms with van der Waals surface area (Å²) in [5.41, 5.74) is 1.17. The van der Waals surface area contributed by atoms with Gasteiger partial charge in [0.1, 0.15) is 24.1 Å². The predicted molar refractivity (Wildman–Crippen MR) is 137 cm³/mol. The van der Waals surface area contributed by atoms with Gasteiger partial charge in [-0.15, -0.1) is 0 Å². The molecule has 0 aliphatic carbocycles. The van der Waals surface area contributed by atoms with Gasteiger partial charge in [0.05, 0.1) is 27.3 Å². The maximum Gasteiger partial charge on any atom is 0.256 e. The summed E-state index contributed by atoms with van der Waals surface area (Å²) in [5.74, 6) is 0.323. The molecule has 2 heterocycles. The average molecular weight is 492 g/mol. The first-order valence-corrected chi connectivity index (χ1v) is 14.9. The molecule has 0 spiro atoms. The Morgan fingerprint density at radius 1 is 1.09 bits per heavy atom. The Labute approximate surface area is 204 Å². The van der Waals surface area contributed by atoms with Crippen LogP contribution >= 0.6 is 0 Å². The van der Waals surface area contributed by atoms with E-state index < -0.39 is 14.1 Å². The number of methoxy groups -OCH3 is 1. The first kappa shape index (κ1) is 24.3. The van der Waals surface area contributed by atoms with Gasteiger partial charge < -0.3 is 24.7 Å². The van der Waals surface area contributed by atoms with Crippen LogP contribution in [0.15, 0.2) is 65.6 Å². The normalized spacial score (nSPS) is 15.4. The van der Waals surface area contributed by atoms with Crippen molar-refractivity contribution in [2.24, 2.45) is 0 Å². The largest absolute Gasteiger partial charge is 0.497 e. The molecule has 0 saturated heterocycles. The average Bonchev–Trinajstić information content (AvgIpc) is 3.03. The van der Waals surface area contributed by atoms with E-state index in [4.69, 9.17) is 9.47 Å². The van der Waals surface area contributed by atoms with E-state index >= 15 is 0 Å². The van der Waals surface area contributed by atoms with Gasteiger partial charge in [-0.1, -0.05) is 37.0 Å². The SMILES string of the molecule is COc1ccc2c(c1)OCCN(C(=O)c1ccc(=O)[nH]c1)C2C(=O)Nc1ccc([Si](C)(C)C)cc1. The van der Waals surface area contributed by atoms with Crippen molar-refractivity contribution in [3.63, 3.8) is 0 Å². The van der Waals surface area contributed by atoms with Crippen LogP contribution < -0.4 is 25.5 Å². The Bertz CT molecular complexity index is 1280. The Kier molecular flexibility index (Phi) is 6.79. The van der Waals surface area contributed by atoms with Crippen molar-refractivity contribution >= 4 is 30.8 Å². The van der Waals surface area contributed by atoms with Crippen molar-refractivity contribution in [2.45, 2.75) is 25.7 Å². The molecule has 0 saturated carbocycles. The second-order valence-corrected chi connectivity index (χ2v) is 14.5. The number of amides is 2. The third-order valence-electron chi connectivity index (χ3n) is 5.98. The molecule has 0 radical (unpaired) electrons. The number of anilines is 1. The van der Waals surface area contributed by atoms with Crippen molar-refractivity contribution < 1.29 is 19.1 Å². The first-order valence-electron chi connectivity index (χ1n) is 11.4. The number of ether oxygens (including phenoxy) is 2. The molecule has 4 rings (SSSR count). The van der Waals surface area contributed by atoms with E-state index in [1.54, 1.807) is 25.3 Å². The van der Waals surface area contributed by atoms with Crippen LogP contribution in [0.1, 0.15) is 22.0 Å². The Morgan fingerprint density at radius 3 is 2.46 bits per heavy atom. The summed E-state index contributed by atoms with van der Waals surface area (Å²) in [7, 11) is 0.0760. The number of hydrogen-bond acceptors (Lipinski definition) is 5. The van der Waals surface area contributed by atoms with Crippen LogP contribution in [0, 0.1) is 0 Å². The summed E-state index contributed by atoms with van der Waals surface area (Å²) in [5, 5.41) is 4.25. The third kappa shape index (κ3) is 5.30. The quantitative estimate of drug-likeness (QED) is 0.534. The Balaban J connectivity index is 1.71. The minimum Gasteiger partial charge on any atom is -0.497 e. The molecule has 2 N–H and O–H groups in total. The van der Waals surface area contributed by atoms with Gasteiger partial charge >= 0.3 is 0 Å². The molecule has 1 unspecified atom stereocenters. The van der Waals surface area contributed by atoms with Crippen molar-refractivity contribution in [1.82, 2.24) is 9.88 Å². The third-order valence-corrected chi connectivity index (χ3v) is 8.04. The molecule has 8 nitrogen and oxygen atoms in total. The molecule has 182 valence electrons. The van der Waals surface area contributed by atoms with Gasteiger partial charge in [-0.05, 0) is 30.3 Å². The standard InChI is InChI=1S/C26H29N3O5Si/c1-33-19-8-11-21-22(15-19)34-14-13-29(26(32)17-5-12-23(30)27-16-17)24(21)25(31)28-18-6-9-20(10-7-18)35(2,3)4/h5-12,15-16,24H,13-14H2,1-4H3,(H,27,30)(H,28,31). The maximum atomic E-state index is 13.7. The minimum absolute atomic E-state index is 0.182. The number of nitrogens with one attached hydrogen (secondary N) is 2. The molecule has 2 aromatic carbocycles. The number of aromatic amines is 1. The van der Waals surface area contributed by atoms with Crippen LogP contribution in [-0.4, -0.2) is 50.0 Å². The Morgan fingerprint density at radius 2 is 1.83 bits per heavy atom. The zero-order valence-electron chi connectivity index (χ0n) is 20.3. The van der Waals surface area contributed by atoms with Gasteiger partial charge in [0.25, 0.3) is 11.8 Å². The van der Waals surface area contributed by atoms with Crippen molar-refractivity contribution in [3.05, 3.63) is 82.3 Å². The van der Waals surface area contributed by atoms with Crippen molar-refractivity contribution in [2.75, 3.05) is 25.6 Å². The van der Waals surface area contributed by atoms with Gasteiger partial charge in [0.15, 0.2) is 0 Å². The topological polar surface area (TPSA) is 101 Å². The molecule has 3 aromatic rings. The first-order chi connectivity index (χ1) is 16.7. The molecule has 1 aliphatic heterocycles. The fourth-order valence-corrected chi connectivity index (χ4v) is 5.19. The number of pyridine rings is 1. The van der Waals surface area contributed by atoms with Crippen LogP contribution in [0.4, 0.5) is 5.69 Å². The van der Waals surface area contributed by atoms with Crippen LogP contribution in [0.25, 0.3) is 0 Å². The maximum absolute atomic E-state index is 13.7. The van der Waals surface area contributed by atoms with Crippen LogP contribution in [0.2, 0.25) is 19.6 Å². The zero-order valence-corrected chi connectivity index (χ0v) is 21.3. The lowest BCUT2D eigenvalue weighted by Crippen LogP contribution is -2.42. The molecular formula is C26H29N3O5Si. The second kappa shape index (κ2) is 9.79. The highest BCUT2D eigenvalue weighted by atomic mass is 28.3. The molecule has 1 atom stereocenters. The van der Waals surface area contributed by atoms with E-state index in [-0.39, 0.29) is 36.1 Å². The number of hydrogen-bond donors (Lipinski definition) is 2. The number of fused-ring (bicyclic) bond motifs is 1. The van der Waals surface area contributed by atoms with E-state index in [1.807, 2.05) is 24.3 Å². The van der Waals surface area contributed by atoms with Crippen LogP contribution in [-0.2, 0) is 4.79 Å². The van der Waals surface area contributed by atoms with Gasteiger partial charge in [-0.2, -0.15) is 0 Å². The van der Waals surface area contributed by atoms with E-state index in [1.165, 1.54) is 28.4 Å². The number of nitrogens with zero attached hydrogens (tertiary/aromatic N) is 1. The molecule has 0 fully saturated rings. The zero-order chi connectivity index (χ0) is 25.2. The van der Waals surface area contributed by atoms with Gasteiger partial charge in [-0.3, -0.25) is 14.4 Å². The lowest BCUT2D eigenvalue weighted by atomic mass is 10.0. The lowest BCUT2D eigenvalue weighted by molar-refractivity contribution is -0.120. The van der Waals surface area contributed by atoms with Gasteiger partial charge in [-0.25, -0.2) is 0 Å². The molecule has 35 heavy (non-hydrogen) atoms. The molecule has 9 heteroatoms. The fourth-order valence-electron chi connectivity index (χ4n) is 4.02. The summed E-state index contributed by atoms with van der Waals surface area (Å²) in [6.07, 6.45) is 1.36. The van der Waals surface area contributed by atoms with E-state index in [9.17, 15) is 14.4 Å². The Hall–Kier alpha value is -3.85. The summed E-state index contributed by atoms with van der Waals surface area (Å²) in [4.78, 5) is 42.6. The highest BCUT2D eigenvalue weighted by molar-refractivity contribution is 6.88. The van der Waals surface area contributed by atoms with E-state index in [0.29, 0.717) is 22.7 Å². The van der Waals surface area contributed by atoms with Crippen molar-refractivity contribution in [3.8, 4) is 11.5 Å². The highest BCUT2D eigenvalue weighted by Gasteiger charge is 2.36. The number of rotatable bonds is 5.